The van der Waals surface area contributed by atoms with Crippen LogP contribution in [0.3, 0.4) is 0 Å². The molecule has 1 fully saturated rings. The lowest BCUT2D eigenvalue weighted by atomic mass is 9.90. The molecule has 1 unspecified atom stereocenters. The molecule has 0 radical (unpaired) electrons. The van der Waals surface area contributed by atoms with Gasteiger partial charge in [0.05, 0.1) is 0 Å². The van der Waals surface area contributed by atoms with E-state index in [9.17, 15) is 4.79 Å². The Labute approximate surface area is 200 Å². The smallest absolute Gasteiger partial charge is 0.225 e. The molecule has 1 aromatic heterocycles. The van der Waals surface area contributed by atoms with Gasteiger partial charge in [-0.1, -0.05) is 37.5 Å². The van der Waals surface area contributed by atoms with Gasteiger partial charge in [0, 0.05) is 37.7 Å². The minimum Gasteiger partial charge on any atom is -0.356 e. The zero-order valence-electron chi connectivity index (χ0n) is 18.2. The maximum absolute atomic E-state index is 12.1. The van der Waals surface area contributed by atoms with E-state index in [1.54, 1.807) is 0 Å². The number of rotatable bonds is 5. The molecule has 2 aliphatic rings. The van der Waals surface area contributed by atoms with Crippen LogP contribution in [0.5, 0.6) is 0 Å². The van der Waals surface area contributed by atoms with Crippen LogP contribution in [-0.2, 0) is 18.4 Å². The highest BCUT2D eigenvalue weighted by Gasteiger charge is 2.25. The minimum atomic E-state index is 0. The molecule has 1 atom stereocenters. The Hall–Kier alpha value is -2.17. The van der Waals surface area contributed by atoms with E-state index >= 15 is 0 Å². The lowest BCUT2D eigenvalue weighted by molar-refractivity contribution is -0.116. The average Bonchev–Trinajstić information content (AvgIpc) is 3.08. The number of hydrogen-bond acceptors (Lipinski definition) is 4. The van der Waals surface area contributed by atoms with Crippen LogP contribution in [0.15, 0.2) is 29.3 Å². The van der Waals surface area contributed by atoms with Crippen LogP contribution in [0.4, 0.5) is 5.69 Å². The largest absolute Gasteiger partial charge is 0.356 e. The number of para-hydroxylation sites is 1. The van der Waals surface area contributed by atoms with Crippen LogP contribution in [0.25, 0.3) is 0 Å². The summed E-state index contributed by atoms with van der Waals surface area (Å²) in [7, 11) is 1.96. The molecule has 168 valence electrons. The molecule has 9 heteroatoms. The normalized spacial score (nSPS) is 19.2. The predicted molar refractivity (Wildman–Crippen MR) is 133 cm³/mol. The molecule has 2 aromatic rings. The molecule has 31 heavy (non-hydrogen) atoms. The predicted octanol–water partition coefficient (Wildman–Crippen LogP) is 3.24. The first-order valence-electron chi connectivity index (χ1n) is 10.9. The Morgan fingerprint density at radius 2 is 2.00 bits per heavy atom. The Kier molecular flexibility index (Phi) is 8.28. The quantitative estimate of drug-likeness (QED) is 0.309. The molecule has 0 bridgehead atoms. The number of hydrogen-bond donors (Lipinski definition) is 3. The van der Waals surface area contributed by atoms with E-state index < -0.39 is 0 Å². The zero-order valence-corrected chi connectivity index (χ0v) is 20.6. The highest BCUT2D eigenvalue weighted by Crippen LogP contribution is 2.31. The van der Waals surface area contributed by atoms with Crippen LogP contribution in [0, 0.1) is 6.92 Å². The van der Waals surface area contributed by atoms with Gasteiger partial charge in [0.2, 0.25) is 5.91 Å². The number of benzene rings is 1. The van der Waals surface area contributed by atoms with Gasteiger partial charge < -0.3 is 20.5 Å². The van der Waals surface area contributed by atoms with Crippen LogP contribution in [-0.4, -0.2) is 39.2 Å². The van der Waals surface area contributed by atoms with Crippen molar-refractivity contribution in [3.8, 4) is 0 Å². The Bertz CT molecular complexity index is 920. The van der Waals surface area contributed by atoms with Crippen molar-refractivity contribution in [1.82, 2.24) is 25.4 Å². The molecule has 3 N–H and O–H groups in total. The van der Waals surface area contributed by atoms with Crippen LogP contribution in [0.1, 0.15) is 61.7 Å². The SMILES string of the molecule is Cc1nnc(CN=C(NCC2CC(=O)Nc3ccccc32)NC2CCCCC2)n1C.I. The molecule has 1 aliphatic heterocycles. The average molecular weight is 537 g/mol. The molecule has 1 saturated carbocycles. The number of carbonyl (C=O) groups is 1. The molecule has 2 heterocycles. The van der Waals surface area contributed by atoms with Gasteiger partial charge in [0.15, 0.2) is 11.8 Å². The Balaban J connectivity index is 0.00000272. The second-order valence-corrected chi connectivity index (χ2v) is 8.28. The van der Waals surface area contributed by atoms with E-state index in [0.717, 1.165) is 23.3 Å². The summed E-state index contributed by atoms with van der Waals surface area (Å²) in [6.07, 6.45) is 6.62. The molecular formula is C22H32IN7O. The van der Waals surface area contributed by atoms with Gasteiger partial charge in [0.25, 0.3) is 0 Å². The van der Waals surface area contributed by atoms with Crippen molar-refractivity contribution >= 4 is 41.5 Å². The summed E-state index contributed by atoms with van der Waals surface area (Å²) in [6.45, 7) is 3.05. The third kappa shape index (κ3) is 5.96. The number of carbonyl (C=O) groups excluding carboxylic acids is 1. The van der Waals surface area contributed by atoms with Crippen LogP contribution < -0.4 is 16.0 Å². The summed E-state index contributed by atoms with van der Waals surface area (Å²) in [4.78, 5) is 16.9. The third-order valence-corrected chi connectivity index (χ3v) is 6.13. The first-order chi connectivity index (χ1) is 14.6. The lowest BCUT2D eigenvalue weighted by Crippen LogP contribution is -2.46. The van der Waals surface area contributed by atoms with E-state index in [2.05, 4.69) is 32.2 Å². The monoisotopic (exact) mass is 537 g/mol. The molecule has 1 amide bonds. The fourth-order valence-corrected chi connectivity index (χ4v) is 4.24. The van der Waals surface area contributed by atoms with Crippen molar-refractivity contribution in [3.05, 3.63) is 41.5 Å². The highest BCUT2D eigenvalue weighted by atomic mass is 127. The molecule has 1 aromatic carbocycles. The summed E-state index contributed by atoms with van der Waals surface area (Å²) in [5.74, 6) is 2.67. The molecule has 4 rings (SSSR count). The van der Waals surface area contributed by atoms with Crippen molar-refractivity contribution in [2.75, 3.05) is 11.9 Å². The Morgan fingerprint density at radius 1 is 1.23 bits per heavy atom. The first kappa shape index (κ1) is 23.5. The number of halogens is 1. The van der Waals surface area contributed by atoms with Crippen molar-refractivity contribution in [2.45, 2.75) is 64.0 Å². The van der Waals surface area contributed by atoms with Crippen LogP contribution >= 0.6 is 24.0 Å². The second kappa shape index (κ2) is 10.9. The number of nitrogens with zero attached hydrogens (tertiary/aromatic N) is 4. The van der Waals surface area contributed by atoms with Gasteiger partial charge in [-0.25, -0.2) is 4.99 Å². The number of anilines is 1. The number of nitrogens with one attached hydrogen (secondary N) is 3. The van der Waals surface area contributed by atoms with E-state index in [-0.39, 0.29) is 35.8 Å². The minimum absolute atomic E-state index is 0. The molecule has 1 aliphatic carbocycles. The maximum Gasteiger partial charge on any atom is 0.225 e. The summed E-state index contributed by atoms with van der Waals surface area (Å²) >= 11 is 0. The van der Waals surface area contributed by atoms with Crippen molar-refractivity contribution in [3.63, 3.8) is 0 Å². The number of aliphatic imine (C=N–C) groups is 1. The Morgan fingerprint density at radius 3 is 2.74 bits per heavy atom. The van der Waals surface area contributed by atoms with Crippen molar-refractivity contribution in [2.24, 2.45) is 12.0 Å². The lowest BCUT2D eigenvalue weighted by Gasteiger charge is -2.28. The number of aryl methyl sites for hydroxylation is 1. The van der Waals surface area contributed by atoms with Crippen molar-refractivity contribution < 1.29 is 4.79 Å². The maximum atomic E-state index is 12.1. The summed E-state index contributed by atoms with van der Waals surface area (Å²) in [6, 6.07) is 8.47. The van der Waals surface area contributed by atoms with E-state index in [0.29, 0.717) is 25.6 Å². The zero-order chi connectivity index (χ0) is 20.9. The number of amides is 1. The van der Waals surface area contributed by atoms with Crippen LogP contribution in [0.2, 0.25) is 0 Å². The fourth-order valence-electron chi connectivity index (χ4n) is 4.24. The topological polar surface area (TPSA) is 96.2 Å². The highest BCUT2D eigenvalue weighted by molar-refractivity contribution is 14.0. The number of guanidine groups is 1. The first-order valence-corrected chi connectivity index (χ1v) is 10.9. The molecule has 0 spiro atoms. The number of fused-ring (bicyclic) bond motifs is 1. The standard InChI is InChI=1S/C22H31N7O.HI/c1-15-27-28-20(29(15)2)14-24-22(25-17-8-4-3-5-9-17)23-13-16-12-21(30)26-19-11-7-6-10-18(16)19;/h6-7,10-11,16-17H,3-5,8-9,12-14H2,1-2H3,(H,26,30)(H2,23,24,25);1H. The van der Waals surface area contributed by atoms with Gasteiger partial charge in [-0.05, 0) is 31.4 Å². The van der Waals surface area contributed by atoms with E-state index in [1.807, 2.05) is 36.7 Å². The molecule has 8 nitrogen and oxygen atoms in total. The summed E-state index contributed by atoms with van der Waals surface area (Å²) in [5.41, 5.74) is 2.08. The second-order valence-electron chi connectivity index (χ2n) is 8.28. The third-order valence-electron chi connectivity index (χ3n) is 6.13. The van der Waals surface area contributed by atoms with Gasteiger partial charge in [-0.3, -0.25) is 4.79 Å². The van der Waals surface area contributed by atoms with Gasteiger partial charge >= 0.3 is 0 Å². The van der Waals surface area contributed by atoms with E-state index in [1.165, 1.54) is 37.7 Å². The number of aromatic nitrogens is 3. The van der Waals surface area contributed by atoms with Gasteiger partial charge in [-0.15, -0.1) is 34.2 Å². The van der Waals surface area contributed by atoms with Gasteiger partial charge in [0.1, 0.15) is 12.4 Å². The van der Waals surface area contributed by atoms with Crippen molar-refractivity contribution in [1.29, 1.82) is 0 Å². The summed E-state index contributed by atoms with van der Waals surface area (Å²) in [5, 5.41) is 18.4. The molecule has 0 saturated heterocycles. The fraction of sp³-hybridized carbons (Fsp3) is 0.545. The van der Waals surface area contributed by atoms with Gasteiger partial charge in [-0.2, -0.15) is 0 Å². The summed E-state index contributed by atoms with van der Waals surface area (Å²) < 4.78 is 1.96. The van der Waals surface area contributed by atoms with E-state index in [4.69, 9.17) is 4.99 Å². The molecular weight excluding hydrogens is 505 g/mol.